The summed E-state index contributed by atoms with van der Waals surface area (Å²) in [5.41, 5.74) is 2.32. The molecule has 2 aliphatic heterocycles. The number of rotatable bonds is 3. The summed E-state index contributed by atoms with van der Waals surface area (Å²) >= 11 is 7.80. The standard InChI is InChI=1S/C24H25ClN6S/c25-18-9-7-16(8-10-18)19-14-32-24-21(19)23(26-15-27-24)30-11-4-5-17(13-30)22-29-28-20-6-2-1-3-12-31(20)22/h7-10,14-15,17H,1-6,11-13H2. The summed E-state index contributed by atoms with van der Waals surface area (Å²) in [6.45, 7) is 2.97. The summed E-state index contributed by atoms with van der Waals surface area (Å²) in [4.78, 5) is 12.8. The second kappa shape index (κ2) is 8.45. The molecule has 3 aromatic heterocycles. The van der Waals surface area contributed by atoms with Crippen molar-refractivity contribution in [3.05, 3.63) is 52.6 Å². The molecule has 1 atom stereocenters. The molecule has 0 saturated carbocycles. The Morgan fingerprint density at radius 3 is 2.78 bits per heavy atom. The molecule has 0 aliphatic carbocycles. The number of thiophene rings is 1. The van der Waals surface area contributed by atoms with E-state index in [-0.39, 0.29) is 0 Å². The van der Waals surface area contributed by atoms with Gasteiger partial charge in [0.1, 0.15) is 28.6 Å². The molecule has 0 spiro atoms. The van der Waals surface area contributed by atoms with E-state index in [0.29, 0.717) is 5.92 Å². The third-order valence-corrected chi connectivity index (χ3v) is 7.87. The third kappa shape index (κ3) is 3.57. The van der Waals surface area contributed by atoms with Crippen LogP contribution in [0.15, 0.2) is 36.0 Å². The van der Waals surface area contributed by atoms with Gasteiger partial charge in [-0.25, -0.2) is 9.97 Å². The first-order valence-electron chi connectivity index (χ1n) is 11.4. The fraction of sp³-hybridized carbons (Fsp3) is 0.417. The van der Waals surface area contributed by atoms with Crippen LogP contribution in [0, 0.1) is 0 Å². The molecule has 2 aliphatic rings. The van der Waals surface area contributed by atoms with Crippen LogP contribution in [-0.2, 0) is 13.0 Å². The number of aryl methyl sites for hydroxylation is 1. The second-order valence-electron chi connectivity index (χ2n) is 8.76. The van der Waals surface area contributed by atoms with E-state index in [1.165, 1.54) is 36.5 Å². The summed E-state index contributed by atoms with van der Waals surface area (Å²) in [5.74, 6) is 3.74. The maximum atomic E-state index is 6.13. The van der Waals surface area contributed by atoms with Crippen molar-refractivity contribution in [1.82, 2.24) is 24.7 Å². The van der Waals surface area contributed by atoms with Gasteiger partial charge >= 0.3 is 0 Å². The van der Waals surface area contributed by atoms with E-state index in [2.05, 4.69) is 42.2 Å². The molecule has 0 bridgehead atoms. The van der Waals surface area contributed by atoms with Crippen LogP contribution in [0.4, 0.5) is 5.82 Å². The minimum absolute atomic E-state index is 0.380. The van der Waals surface area contributed by atoms with Crippen molar-refractivity contribution in [1.29, 1.82) is 0 Å². The predicted octanol–water partition coefficient (Wildman–Crippen LogP) is 5.71. The molecule has 164 valence electrons. The number of halogens is 1. The zero-order valence-electron chi connectivity index (χ0n) is 17.9. The number of benzene rings is 1. The SMILES string of the molecule is Clc1ccc(-c2csc3ncnc(N4CCCC(c5nnc6n5CCCCC6)C4)c23)cc1. The lowest BCUT2D eigenvalue weighted by Gasteiger charge is -2.33. The first-order chi connectivity index (χ1) is 15.8. The highest BCUT2D eigenvalue weighted by atomic mass is 35.5. The van der Waals surface area contributed by atoms with Gasteiger partial charge in [-0.2, -0.15) is 0 Å². The third-order valence-electron chi connectivity index (χ3n) is 6.73. The summed E-state index contributed by atoms with van der Waals surface area (Å²) in [6.07, 6.45) is 8.75. The maximum absolute atomic E-state index is 6.13. The Morgan fingerprint density at radius 1 is 0.969 bits per heavy atom. The molecular weight excluding hydrogens is 440 g/mol. The monoisotopic (exact) mass is 464 g/mol. The van der Waals surface area contributed by atoms with Crippen LogP contribution in [0.1, 0.15) is 49.7 Å². The lowest BCUT2D eigenvalue weighted by molar-refractivity contribution is 0.464. The Labute approximate surface area is 196 Å². The largest absolute Gasteiger partial charge is 0.355 e. The molecule has 0 N–H and O–H groups in total. The zero-order valence-corrected chi connectivity index (χ0v) is 19.4. The molecule has 8 heteroatoms. The van der Waals surface area contributed by atoms with Crippen molar-refractivity contribution in [2.45, 2.75) is 51.0 Å². The topological polar surface area (TPSA) is 59.7 Å². The molecular formula is C24H25ClN6S. The number of anilines is 1. The molecule has 6 rings (SSSR count). The molecule has 1 saturated heterocycles. The summed E-state index contributed by atoms with van der Waals surface area (Å²) in [6, 6.07) is 8.03. The van der Waals surface area contributed by atoms with Crippen molar-refractivity contribution in [3.63, 3.8) is 0 Å². The van der Waals surface area contributed by atoms with Gasteiger partial charge in [-0.15, -0.1) is 21.5 Å². The quantitative estimate of drug-likeness (QED) is 0.388. The van der Waals surface area contributed by atoms with Gasteiger partial charge in [0, 0.05) is 47.9 Å². The number of fused-ring (bicyclic) bond motifs is 2. The zero-order chi connectivity index (χ0) is 21.5. The average Bonchev–Trinajstić information content (AvgIpc) is 3.37. The van der Waals surface area contributed by atoms with E-state index in [9.17, 15) is 0 Å². The van der Waals surface area contributed by atoms with Crippen LogP contribution in [0.25, 0.3) is 21.3 Å². The average molecular weight is 465 g/mol. The molecule has 1 unspecified atom stereocenters. The Morgan fingerprint density at radius 2 is 1.88 bits per heavy atom. The molecule has 6 nitrogen and oxygen atoms in total. The van der Waals surface area contributed by atoms with E-state index in [0.717, 1.165) is 65.5 Å². The Hall–Kier alpha value is -2.51. The van der Waals surface area contributed by atoms with Crippen LogP contribution < -0.4 is 4.90 Å². The maximum Gasteiger partial charge on any atom is 0.141 e. The van der Waals surface area contributed by atoms with Crippen LogP contribution >= 0.6 is 22.9 Å². The minimum Gasteiger partial charge on any atom is -0.355 e. The van der Waals surface area contributed by atoms with Crippen LogP contribution in [0.3, 0.4) is 0 Å². The number of piperidine rings is 1. The molecule has 0 amide bonds. The second-order valence-corrected chi connectivity index (χ2v) is 10.1. The van der Waals surface area contributed by atoms with E-state index in [1.54, 1.807) is 17.7 Å². The summed E-state index contributed by atoms with van der Waals surface area (Å²) in [5, 5.41) is 13.3. The Kier molecular flexibility index (Phi) is 5.31. The van der Waals surface area contributed by atoms with Crippen LogP contribution in [-0.4, -0.2) is 37.8 Å². The molecule has 5 heterocycles. The van der Waals surface area contributed by atoms with Gasteiger partial charge in [0.05, 0.1) is 5.39 Å². The Bertz CT molecular complexity index is 1250. The lowest BCUT2D eigenvalue weighted by Crippen LogP contribution is -2.36. The summed E-state index contributed by atoms with van der Waals surface area (Å²) in [7, 11) is 0. The highest BCUT2D eigenvalue weighted by Crippen LogP contribution is 2.40. The molecule has 4 aromatic rings. The van der Waals surface area contributed by atoms with E-state index in [1.807, 2.05) is 12.1 Å². The first kappa shape index (κ1) is 20.1. The number of hydrogen-bond donors (Lipinski definition) is 0. The van der Waals surface area contributed by atoms with Gasteiger partial charge in [-0.05, 0) is 43.4 Å². The molecule has 0 radical (unpaired) electrons. The van der Waals surface area contributed by atoms with Gasteiger partial charge in [0.15, 0.2) is 0 Å². The van der Waals surface area contributed by atoms with Gasteiger partial charge in [0.25, 0.3) is 0 Å². The molecule has 1 aromatic carbocycles. The fourth-order valence-corrected chi connectivity index (χ4v) is 6.17. The van der Waals surface area contributed by atoms with Crippen LogP contribution in [0.5, 0.6) is 0 Å². The number of hydrogen-bond acceptors (Lipinski definition) is 6. The normalized spacial score (nSPS) is 19.2. The van der Waals surface area contributed by atoms with Gasteiger partial charge in [-0.1, -0.05) is 30.2 Å². The first-order valence-corrected chi connectivity index (χ1v) is 12.7. The van der Waals surface area contributed by atoms with Gasteiger partial charge in [-0.3, -0.25) is 0 Å². The predicted molar refractivity (Wildman–Crippen MR) is 130 cm³/mol. The highest BCUT2D eigenvalue weighted by Gasteiger charge is 2.29. The van der Waals surface area contributed by atoms with E-state index < -0.39 is 0 Å². The molecule has 1 fully saturated rings. The minimum atomic E-state index is 0.380. The summed E-state index contributed by atoms with van der Waals surface area (Å²) < 4.78 is 2.40. The smallest absolute Gasteiger partial charge is 0.141 e. The van der Waals surface area contributed by atoms with Crippen molar-refractivity contribution < 1.29 is 0 Å². The van der Waals surface area contributed by atoms with Gasteiger partial charge < -0.3 is 9.47 Å². The lowest BCUT2D eigenvalue weighted by atomic mass is 9.96. The highest BCUT2D eigenvalue weighted by molar-refractivity contribution is 7.17. The van der Waals surface area contributed by atoms with Crippen LogP contribution in [0.2, 0.25) is 5.02 Å². The van der Waals surface area contributed by atoms with E-state index >= 15 is 0 Å². The van der Waals surface area contributed by atoms with Gasteiger partial charge in [0.2, 0.25) is 0 Å². The number of nitrogens with zero attached hydrogens (tertiary/aromatic N) is 6. The fourth-order valence-electron chi connectivity index (χ4n) is 5.13. The van der Waals surface area contributed by atoms with Crippen molar-refractivity contribution >= 4 is 39.0 Å². The molecule has 32 heavy (non-hydrogen) atoms. The van der Waals surface area contributed by atoms with E-state index in [4.69, 9.17) is 16.6 Å². The van der Waals surface area contributed by atoms with Crippen molar-refractivity contribution in [2.75, 3.05) is 18.0 Å². The van der Waals surface area contributed by atoms with Crippen molar-refractivity contribution in [2.24, 2.45) is 0 Å². The van der Waals surface area contributed by atoms with Crippen molar-refractivity contribution in [3.8, 4) is 11.1 Å². The number of aromatic nitrogens is 5. The Balaban J connectivity index is 1.36.